The van der Waals surface area contributed by atoms with Crippen LogP contribution in [0.3, 0.4) is 0 Å². The monoisotopic (exact) mass is 290 g/mol. The van der Waals surface area contributed by atoms with Crippen LogP contribution in [-0.4, -0.2) is 39.0 Å². The molecule has 0 spiro atoms. The van der Waals surface area contributed by atoms with Crippen molar-refractivity contribution in [2.45, 2.75) is 6.54 Å². The molecule has 2 heterocycles. The van der Waals surface area contributed by atoms with Gasteiger partial charge in [0.15, 0.2) is 0 Å². The number of carbonyl (C=O) groups excluding carboxylic acids is 1. The Hall–Kier alpha value is -2.97. The molecule has 0 saturated heterocycles. The van der Waals surface area contributed by atoms with E-state index in [2.05, 4.69) is 20.6 Å². The van der Waals surface area contributed by atoms with E-state index < -0.39 is 10.8 Å². The maximum absolute atomic E-state index is 12.1. The van der Waals surface area contributed by atoms with Gasteiger partial charge in [0.1, 0.15) is 12.0 Å². The zero-order chi connectivity index (χ0) is 15.2. The molecule has 2 N–H and O–H groups in total. The third kappa shape index (κ3) is 3.53. The number of aromatic nitrogens is 3. The van der Waals surface area contributed by atoms with Crippen LogP contribution in [0.5, 0.6) is 0 Å². The highest BCUT2D eigenvalue weighted by atomic mass is 16.6. The van der Waals surface area contributed by atoms with E-state index in [9.17, 15) is 14.9 Å². The van der Waals surface area contributed by atoms with Crippen LogP contribution in [0.1, 0.15) is 10.4 Å². The minimum absolute atomic E-state index is 0.136. The summed E-state index contributed by atoms with van der Waals surface area (Å²) in [4.78, 5) is 30.0. The predicted octanol–water partition coefficient (Wildman–Crippen LogP) is 0.658. The van der Waals surface area contributed by atoms with Gasteiger partial charge in [-0.2, -0.15) is 0 Å². The highest BCUT2D eigenvalue weighted by molar-refractivity contribution is 5.99. The number of anilines is 1. The van der Waals surface area contributed by atoms with E-state index in [1.54, 1.807) is 25.8 Å². The first-order valence-electron chi connectivity index (χ1n) is 6.18. The zero-order valence-electron chi connectivity index (χ0n) is 11.3. The summed E-state index contributed by atoms with van der Waals surface area (Å²) < 4.78 is 1.81. The Labute approximate surface area is 120 Å². The van der Waals surface area contributed by atoms with Crippen LogP contribution in [-0.2, 0) is 6.54 Å². The van der Waals surface area contributed by atoms with Crippen molar-refractivity contribution >= 4 is 17.4 Å². The van der Waals surface area contributed by atoms with Crippen LogP contribution in [0.2, 0.25) is 0 Å². The standard InChI is InChI=1S/C12H14N6O3/c1-13-11-10(6-9(7-16-11)18(20)21)12(19)15-3-5-17-4-2-14-8-17/h2,4,6-8H,3,5H2,1H3,(H,13,16)(H,15,19). The summed E-state index contributed by atoms with van der Waals surface area (Å²) in [6, 6.07) is 1.20. The van der Waals surface area contributed by atoms with Crippen molar-refractivity contribution in [3.8, 4) is 0 Å². The third-order valence-electron chi connectivity index (χ3n) is 2.78. The summed E-state index contributed by atoms with van der Waals surface area (Å²) in [5, 5.41) is 16.2. The average Bonchev–Trinajstić information content (AvgIpc) is 2.99. The van der Waals surface area contributed by atoms with Crippen LogP contribution in [0, 0.1) is 10.1 Å². The number of amides is 1. The van der Waals surface area contributed by atoms with Gasteiger partial charge in [0.25, 0.3) is 11.6 Å². The molecule has 0 atom stereocenters. The number of nitrogens with one attached hydrogen (secondary N) is 2. The van der Waals surface area contributed by atoms with Gasteiger partial charge in [-0.1, -0.05) is 0 Å². The van der Waals surface area contributed by atoms with Crippen molar-refractivity contribution in [2.24, 2.45) is 0 Å². The summed E-state index contributed by atoms with van der Waals surface area (Å²) in [5.41, 5.74) is -0.0916. The number of hydrogen-bond acceptors (Lipinski definition) is 6. The fraction of sp³-hybridized carbons (Fsp3) is 0.250. The van der Waals surface area contributed by atoms with E-state index in [0.29, 0.717) is 18.9 Å². The van der Waals surface area contributed by atoms with E-state index in [1.165, 1.54) is 6.07 Å². The topological polar surface area (TPSA) is 115 Å². The molecule has 1 amide bonds. The summed E-state index contributed by atoms with van der Waals surface area (Å²) in [6.07, 6.45) is 6.17. The average molecular weight is 290 g/mol. The van der Waals surface area contributed by atoms with E-state index in [-0.39, 0.29) is 11.3 Å². The van der Waals surface area contributed by atoms with Gasteiger partial charge < -0.3 is 15.2 Å². The molecule has 0 fully saturated rings. The number of rotatable bonds is 6. The molecule has 0 bridgehead atoms. The van der Waals surface area contributed by atoms with Gasteiger partial charge in [-0.3, -0.25) is 14.9 Å². The van der Waals surface area contributed by atoms with E-state index >= 15 is 0 Å². The highest BCUT2D eigenvalue weighted by Gasteiger charge is 2.17. The van der Waals surface area contributed by atoms with Crippen molar-refractivity contribution in [1.82, 2.24) is 19.9 Å². The smallest absolute Gasteiger partial charge is 0.288 e. The van der Waals surface area contributed by atoms with Gasteiger partial charge >= 0.3 is 0 Å². The second kappa shape index (κ2) is 6.46. The lowest BCUT2D eigenvalue weighted by atomic mass is 10.2. The molecule has 0 radical (unpaired) electrons. The van der Waals surface area contributed by atoms with Gasteiger partial charge in [0.2, 0.25) is 0 Å². The van der Waals surface area contributed by atoms with Crippen molar-refractivity contribution in [2.75, 3.05) is 18.9 Å². The molecule has 2 aromatic rings. The molecule has 0 aliphatic heterocycles. The molecule has 0 unspecified atom stereocenters. The molecule has 21 heavy (non-hydrogen) atoms. The summed E-state index contributed by atoms with van der Waals surface area (Å²) in [6.45, 7) is 0.935. The Morgan fingerprint density at radius 3 is 2.95 bits per heavy atom. The van der Waals surface area contributed by atoms with Gasteiger partial charge in [0, 0.05) is 38.6 Å². The second-order valence-electron chi connectivity index (χ2n) is 4.15. The molecule has 2 aromatic heterocycles. The molecule has 0 aliphatic carbocycles. The Balaban J connectivity index is 2.06. The lowest BCUT2D eigenvalue weighted by molar-refractivity contribution is -0.385. The Morgan fingerprint density at radius 1 is 1.52 bits per heavy atom. The minimum Gasteiger partial charge on any atom is -0.372 e. The van der Waals surface area contributed by atoms with Gasteiger partial charge in [-0.25, -0.2) is 9.97 Å². The number of imidazole rings is 1. The SMILES string of the molecule is CNc1ncc([N+](=O)[O-])cc1C(=O)NCCn1ccnc1. The molecule has 0 saturated carbocycles. The highest BCUT2D eigenvalue weighted by Crippen LogP contribution is 2.18. The fourth-order valence-electron chi connectivity index (χ4n) is 1.74. The van der Waals surface area contributed by atoms with E-state index in [4.69, 9.17) is 0 Å². The lowest BCUT2D eigenvalue weighted by Gasteiger charge is -2.09. The Morgan fingerprint density at radius 2 is 2.33 bits per heavy atom. The van der Waals surface area contributed by atoms with Crippen LogP contribution in [0.15, 0.2) is 31.0 Å². The first-order chi connectivity index (χ1) is 10.1. The largest absolute Gasteiger partial charge is 0.372 e. The lowest BCUT2D eigenvalue weighted by Crippen LogP contribution is -2.28. The molecule has 0 aromatic carbocycles. The van der Waals surface area contributed by atoms with Gasteiger partial charge in [0.05, 0.1) is 16.8 Å². The van der Waals surface area contributed by atoms with Gasteiger partial charge in [-0.15, -0.1) is 0 Å². The minimum atomic E-state index is -0.589. The third-order valence-corrected chi connectivity index (χ3v) is 2.78. The second-order valence-corrected chi connectivity index (χ2v) is 4.15. The number of pyridine rings is 1. The summed E-state index contributed by atoms with van der Waals surface area (Å²) >= 11 is 0. The maximum Gasteiger partial charge on any atom is 0.288 e. The fourth-order valence-corrected chi connectivity index (χ4v) is 1.74. The number of carbonyl (C=O) groups is 1. The van der Waals surface area contributed by atoms with Crippen molar-refractivity contribution < 1.29 is 9.72 Å². The Kier molecular flexibility index (Phi) is 4.44. The van der Waals surface area contributed by atoms with Crippen LogP contribution >= 0.6 is 0 Å². The number of hydrogen-bond donors (Lipinski definition) is 2. The van der Waals surface area contributed by atoms with E-state index in [0.717, 1.165) is 6.20 Å². The maximum atomic E-state index is 12.1. The van der Waals surface area contributed by atoms with Crippen LogP contribution in [0.25, 0.3) is 0 Å². The normalized spacial score (nSPS) is 10.1. The predicted molar refractivity (Wildman–Crippen MR) is 75.0 cm³/mol. The quantitative estimate of drug-likeness (QED) is 0.596. The molecule has 2 rings (SSSR count). The number of nitro groups is 1. The molecule has 9 heteroatoms. The van der Waals surface area contributed by atoms with Crippen molar-refractivity contribution in [3.63, 3.8) is 0 Å². The number of nitrogens with zero attached hydrogens (tertiary/aromatic N) is 4. The summed E-state index contributed by atoms with van der Waals surface area (Å²) in [5.74, 6) is -0.128. The zero-order valence-corrected chi connectivity index (χ0v) is 11.3. The van der Waals surface area contributed by atoms with E-state index in [1.807, 2.05) is 4.57 Å². The van der Waals surface area contributed by atoms with Gasteiger partial charge in [-0.05, 0) is 0 Å². The van der Waals surface area contributed by atoms with Crippen molar-refractivity contribution in [1.29, 1.82) is 0 Å². The molecule has 9 nitrogen and oxygen atoms in total. The first-order valence-corrected chi connectivity index (χ1v) is 6.18. The molecule has 0 aliphatic rings. The first kappa shape index (κ1) is 14.4. The molecular weight excluding hydrogens is 276 g/mol. The molecule has 110 valence electrons. The van der Waals surface area contributed by atoms with Crippen molar-refractivity contribution in [3.05, 3.63) is 46.7 Å². The van der Waals surface area contributed by atoms with Crippen LogP contribution in [0.4, 0.5) is 11.5 Å². The molecular formula is C12H14N6O3. The summed E-state index contributed by atoms with van der Waals surface area (Å²) in [7, 11) is 1.59. The Bertz CT molecular complexity index is 640. The van der Waals surface area contributed by atoms with Crippen LogP contribution < -0.4 is 10.6 Å².